The van der Waals surface area contributed by atoms with Crippen molar-refractivity contribution in [2.45, 2.75) is 23.4 Å². The van der Waals surface area contributed by atoms with Crippen LogP contribution in [0.25, 0.3) is 10.9 Å². The third-order valence-corrected chi connectivity index (χ3v) is 9.02. The van der Waals surface area contributed by atoms with Gasteiger partial charge in [0.25, 0.3) is 0 Å². The summed E-state index contributed by atoms with van der Waals surface area (Å²) in [5, 5.41) is 6.97. The Bertz CT molecular complexity index is 1640. The van der Waals surface area contributed by atoms with Gasteiger partial charge in [0.2, 0.25) is 5.91 Å². The van der Waals surface area contributed by atoms with Crippen LogP contribution in [0, 0.1) is 0 Å². The molecule has 6 rings (SSSR count). The molecular formula is C36H37N5O2S. The number of H-pyrrole nitrogens is 1. The molecule has 1 fully saturated rings. The lowest BCUT2D eigenvalue weighted by Crippen LogP contribution is -2.56. The number of piperazine rings is 1. The maximum atomic E-state index is 14.1. The molecule has 8 heteroatoms. The maximum absolute atomic E-state index is 14.1. The largest absolute Gasteiger partial charge is 0.361 e. The highest BCUT2D eigenvalue weighted by atomic mass is 32.2. The van der Waals surface area contributed by atoms with Crippen molar-refractivity contribution in [3.05, 3.63) is 132 Å². The fourth-order valence-electron chi connectivity index (χ4n) is 6.03. The van der Waals surface area contributed by atoms with Crippen LogP contribution in [0.1, 0.15) is 22.7 Å². The summed E-state index contributed by atoms with van der Waals surface area (Å²) in [6.45, 7) is 2.62. The van der Waals surface area contributed by atoms with Gasteiger partial charge >= 0.3 is 6.03 Å². The van der Waals surface area contributed by atoms with Crippen molar-refractivity contribution in [3.63, 3.8) is 0 Å². The Hall–Kier alpha value is -4.53. The molecule has 44 heavy (non-hydrogen) atoms. The zero-order chi connectivity index (χ0) is 30.3. The number of amides is 3. The number of urea groups is 1. The van der Waals surface area contributed by atoms with E-state index in [1.165, 1.54) is 11.1 Å². The molecule has 224 valence electrons. The smallest absolute Gasteiger partial charge is 0.319 e. The lowest BCUT2D eigenvalue weighted by Gasteiger charge is -2.40. The third kappa shape index (κ3) is 6.82. The topological polar surface area (TPSA) is 80.5 Å². The van der Waals surface area contributed by atoms with Crippen molar-refractivity contribution >= 4 is 40.3 Å². The van der Waals surface area contributed by atoms with Gasteiger partial charge in [-0.1, -0.05) is 78.9 Å². The van der Waals surface area contributed by atoms with E-state index in [4.69, 9.17) is 0 Å². The average Bonchev–Trinajstić information content (AvgIpc) is 3.48. The van der Waals surface area contributed by atoms with Gasteiger partial charge in [0.1, 0.15) is 6.04 Å². The van der Waals surface area contributed by atoms with Crippen LogP contribution in [0.5, 0.6) is 0 Å². The highest BCUT2D eigenvalue weighted by Gasteiger charge is 2.32. The Labute approximate surface area is 262 Å². The van der Waals surface area contributed by atoms with Crippen molar-refractivity contribution < 1.29 is 9.59 Å². The molecule has 1 saturated heterocycles. The lowest BCUT2D eigenvalue weighted by atomic mass is 9.96. The summed E-state index contributed by atoms with van der Waals surface area (Å²) in [5.74, 6) is -0.0706. The molecule has 1 unspecified atom stereocenters. The number of carbonyl (C=O) groups is 2. The molecule has 1 aromatic heterocycles. The van der Waals surface area contributed by atoms with Gasteiger partial charge in [-0.15, -0.1) is 11.8 Å². The van der Waals surface area contributed by atoms with E-state index in [-0.39, 0.29) is 11.9 Å². The van der Waals surface area contributed by atoms with Gasteiger partial charge in [-0.2, -0.15) is 0 Å². The summed E-state index contributed by atoms with van der Waals surface area (Å²) in [6, 6.07) is 35.8. The average molecular weight is 604 g/mol. The number of nitrogens with one attached hydrogen (secondary N) is 3. The Morgan fingerprint density at radius 2 is 1.41 bits per heavy atom. The fourth-order valence-corrected chi connectivity index (χ4v) is 6.43. The molecule has 5 aromatic rings. The number of rotatable bonds is 9. The van der Waals surface area contributed by atoms with Gasteiger partial charge in [-0.25, -0.2) is 4.79 Å². The molecule has 3 N–H and O–H groups in total. The van der Waals surface area contributed by atoms with E-state index in [2.05, 4.69) is 69.0 Å². The van der Waals surface area contributed by atoms with Gasteiger partial charge in [0, 0.05) is 60.3 Å². The Morgan fingerprint density at radius 1 is 0.795 bits per heavy atom. The molecule has 0 saturated carbocycles. The normalized spacial score (nSPS) is 14.5. The fraction of sp³-hybridized carbons (Fsp3) is 0.222. The zero-order valence-corrected chi connectivity index (χ0v) is 25.6. The summed E-state index contributed by atoms with van der Waals surface area (Å²) in [7, 11) is 0. The minimum Gasteiger partial charge on any atom is -0.361 e. The van der Waals surface area contributed by atoms with Crippen LogP contribution in [-0.4, -0.2) is 65.2 Å². The van der Waals surface area contributed by atoms with Crippen LogP contribution < -0.4 is 10.6 Å². The number of aromatic amines is 1. The van der Waals surface area contributed by atoms with Crippen LogP contribution in [0.15, 0.2) is 120 Å². The SMILES string of the molecule is CSc1ccc(NC(=O)NC(Cc2c[nH]c3ccccc23)C(=O)N2CCN(C(c3ccccc3)c3ccccc3)CC2)cc1. The molecule has 2 heterocycles. The van der Waals surface area contributed by atoms with Crippen LogP contribution in [0.4, 0.5) is 10.5 Å². The monoisotopic (exact) mass is 603 g/mol. The number of benzene rings is 4. The molecule has 1 aliphatic rings. The lowest BCUT2D eigenvalue weighted by molar-refractivity contribution is -0.135. The summed E-state index contributed by atoms with van der Waals surface area (Å²) in [6.07, 6.45) is 4.34. The summed E-state index contributed by atoms with van der Waals surface area (Å²) >= 11 is 1.64. The van der Waals surface area contributed by atoms with Gasteiger partial charge in [0.05, 0.1) is 6.04 Å². The second-order valence-electron chi connectivity index (χ2n) is 11.0. The quantitative estimate of drug-likeness (QED) is 0.167. The van der Waals surface area contributed by atoms with E-state index in [1.807, 2.05) is 78.0 Å². The van der Waals surface area contributed by atoms with E-state index in [0.717, 1.165) is 34.5 Å². The number of nitrogens with zero attached hydrogens (tertiary/aromatic N) is 2. The Morgan fingerprint density at radius 3 is 2.05 bits per heavy atom. The first kappa shape index (κ1) is 29.5. The molecule has 4 aromatic carbocycles. The van der Waals surface area contributed by atoms with Crippen molar-refractivity contribution in [2.24, 2.45) is 0 Å². The number of thioether (sulfide) groups is 1. The van der Waals surface area contributed by atoms with Crippen molar-refractivity contribution in [1.82, 2.24) is 20.1 Å². The number of fused-ring (bicyclic) bond motifs is 1. The number of para-hydroxylation sites is 1. The van der Waals surface area contributed by atoms with Crippen LogP contribution in [-0.2, 0) is 11.2 Å². The summed E-state index contributed by atoms with van der Waals surface area (Å²) < 4.78 is 0. The number of anilines is 1. The molecule has 0 spiro atoms. The van der Waals surface area contributed by atoms with Crippen LogP contribution >= 0.6 is 11.8 Å². The molecule has 0 bridgehead atoms. The third-order valence-electron chi connectivity index (χ3n) is 8.27. The number of aromatic nitrogens is 1. The minimum absolute atomic E-state index is 0.0706. The molecule has 7 nitrogen and oxygen atoms in total. The molecular weight excluding hydrogens is 566 g/mol. The molecule has 0 radical (unpaired) electrons. The molecule has 1 atom stereocenters. The number of hydrogen-bond donors (Lipinski definition) is 3. The zero-order valence-electron chi connectivity index (χ0n) is 24.8. The minimum atomic E-state index is -0.717. The Balaban J connectivity index is 1.18. The van der Waals surface area contributed by atoms with Crippen molar-refractivity contribution in [2.75, 3.05) is 37.8 Å². The highest BCUT2D eigenvalue weighted by molar-refractivity contribution is 7.98. The van der Waals surface area contributed by atoms with E-state index >= 15 is 0 Å². The van der Waals surface area contributed by atoms with Crippen molar-refractivity contribution in [3.8, 4) is 0 Å². The first-order valence-electron chi connectivity index (χ1n) is 15.0. The molecule has 1 aliphatic heterocycles. The number of carbonyl (C=O) groups excluding carboxylic acids is 2. The summed E-state index contributed by atoms with van der Waals surface area (Å²) in [5.41, 5.74) is 5.16. The summed E-state index contributed by atoms with van der Waals surface area (Å²) in [4.78, 5) is 36.1. The van der Waals surface area contributed by atoms with E-state index in [0.29, 0.717) is 25.2 Å². The Kier molecular flexibility index (Phi) is 9.29. The predicted molar refractivity (Wildman–Crippen MR) is 179 cm³/mol. The highest BCUT2D eigenvalue weighted by Crippen LogP contribution is 2.30. The second-order valence-corrected chi connectivity index (χ2v) is 11.9. The number of hydrogen-bond acceptors (Lipinski definition) is 4. The van der Waals surface area contributed by atoms with Gasteiger partial charge in [-0.3, -0.25) is 9.69 Å². The molecule has 0 aliphatic carbocycles. The standard InChI is InChI=1S/C36H37N5O2S/c1-44-30-18-16-29(17-19-30)38-36(43)39-33(24-28-25-37-32-15-9-8-14-31(28)32)35(42)41-22-20-40(21-23-41)34(26-10-4-2-5-11-26)27-12-6-3-7-13-27/h2-19,25,33-34,37H,20-24H2,1H3,(H2,38,39,43). The first-order chi connectivity index (χ1) is 21.6. The first-order valence-corrected chi connectivity index (χ1v) is 16.2. The maximum Gasteiger partial charge on any atom is 0.319 e. The predicted octanol–water partition coefficient (Wildman–Crippen LogP) is 6.56. The van der Waals surface area contributed by atoms with Gasteiger partial charge in [-0.05, 0) is 53.3 Å². The van der Waals surface area contributed by atoms with Crippen LogP contribution in [0.3, 0.4) is 0 Å². The molecule has 3 amide bonds. The van der Waals surface area contributed by atoms with Crippen molar-refractivity contribution in [1.29, 1.82) is 0 Å². The van der Waals surface area contributed by atoms with Crippen LogP contribution in [0.2, 0.25) is 0 Å². The van der Waals surface area contributed by atoms with Gasteiger partial charge < -0.3 is 20.5 Å². The van der Waals surface area contributed by atoms with E-state index in [1.54, 1.807) is 11.8 Å². The second kappa shape index (κ2) is 13.8. The van der Waals surface area contributed by atoms with E-state index < -0.39 is 12.1 Å². The van der Waals surface area contributed by atoms with Gasteiger partial charge in [0.15, 0.2) is 0 Å². The van der Waals surface area contributed by atoms with E-state index in [9.17, 15) is 9.59 Å².